The Hall–Kier alpha value is -3.35. The first-order valence-corrected chi connectivity index (χ1v) is 10.4. The van der Waals surface area contributed by atoms with Gasteiger partial charge in [-0.2, -0.15) is 5.10 Å². The molecule has 0 radical (unpaired) electrons. The van der Waals surface area contributed by atoms with E-state index in [0.29, 0.717) is 37.2 Å². The van der Waals surface area contributed by atoms with Crippen LogP contribution in [0.3, 0.4) is 0 Å². The van der Waals surface area contributed by atoms with Crippen molar-refractivity contribution >= 4 is 5.91 Å². The molecule has 4 rings (SSSR count). The summed E-state index contributed by atoms with van der Waals surface area (Å²) in [7, 11) is 0. The molecule has 0 saturated heterocycles. The summed E-state index contributed by atoms with van der Waals surface area (Å²) in [5, 5.41) is 7.57. The molecule has 2 heterocycles. The molecule has 0 saturated carbocycles. The molecule has 1 aliphatic rings. The molecular weight excluding hydrogens is 380 g/mol. The Morgan fingerprint density at radius 3 is 2.73 bits per heavy atom. The third-order valence-electron chi connectivity index (χ3n) is 5.26. The molecule has 0 bridgehead atoms. The van der Waals surface area contributed by atoms with E-state index in [4.69, 9.17) is 4.74 Å². The highest BCUT2D eigenvalue weighted by atomic mass is 16.5. The van der Waals surface area contributed by atoms with E-state index < -0.39 is 0 Å². The van der Waals surface area contributed by atoms with E-state index in [1.54, 1.807) is 21.4 Å². The first kappa shape index (κ1) is 19.9. The van der Waals surface area contributed by atoms with E-state index in [1.807, 2.05) is 49.4 Å². The Kier molecular flexibility index (Phi) is 5.97. The number of ether oxygens (including phenoxy) is 1. The summed E-state index contributed by atoms with van der Waals surface area (Å²) in [4.78, 5) is 25.2. The van der Waals surface area contributed by atoms with E-state index in [-0.39, 0.29) is 17.6 Å². The van der Waals surface area contributed by atoms with Gasteiger partial charge >= 0.3 is 5.69 Å². The molecule has 1 atom stereocenters. The molecule has 7 heteroatoms. The van der Waals surface area contributed by atoms with Crippen LogP contribution in [0.15, 0.2) is 59.4 Å². The summed E-state index contributed by atoms with van der Waals surface area (Å²) >= 11 is 0. The first-order chi connectivity index (χ1) is 14.6. The molecule has 0 aliphatic carbocycles. The van der Waals surface area contributed by atoms with Gasteiger partial charge in [-0.05, 0) is 49.6 Å². The van der Waals surface area contributed by atoms with Gasteiger partial charge in [-0.15, -0.1) is 0 Å². The lowest BCUT2D eigenvalue weighted by molar-refractivity contribution is 0.0932. The maximum atomic E-state index is 12.8. The predicted molar refractivity (Wildman–Crippen MR) is 114 cm³/mol. The number of rotatable bonds is 6. The van der Waals surface area contributed by atoms with Crippen molar-refractivity contribution < 1.29 is 9.53 Å². The van der Waals surface area contributed by atoms with E-state index in [2.05, 4.69) is 10.4 Å². The minimum absolute atomic E-state index is 0.00285. The Labute approximate surface area is 175 Å². The maximum absolute atomic E-state index is 12.8. The third-order valence-corrected chi connectivity index (χ3v) is 5.26. The fraction of sp³-hybridized carbons (Fsp3) is 0.348. The van der Waals surface area contributed by atoms with Crippen LogP contribution in [0, 0.1) is 0 Å². The van der Waals surface area contributed by atoms with Gasteiger partial charge in [-0.25, -0.2) is 9.48 Å². The minimum Gasteiger partial charge on any atom is -0.457 e. The molecule has 3 aromatic rings. The number of fused-ring (bicyclic) bond motifs is 1. The number of hydrogen-bond donors (Lipinski definition) is 1. The van der Waals surface area contributed by atoms with Gasteiger partial charge in [-0.3, -0.25) is 9.36 Å². The van der Waals surface area contributed by atoms with Gasteiger partial charge < -0.3 is 10.1 Å². The maximum Gasteiger partial charge on any atom is 0.345 e. The number of carbonyl (C=O) groups is 1. The molecule has 2 aromatic carbocycles. The molecule has 0 spiro atoms. The zero-order chi connectivity index (χ0) is 20.9. The summed E-state index contributed by atoms with van der Waals surface area (Å²) in [6.07, 6.45) is 3.02. The second-order valence-electron chi connectivity index (χ2n) is 7.51. The lowest BCUT2D eigenvalue weighted by Crippen LogP contribution is -2.35. The highest BCUT2D eigenvalue weighted by Gasteiger charge is 2.22. The smallest absolute Gasteiger partial charge is 0.345 e. The van der Waals surface area contributed by atoms with Gasteiger partial charge in [-0.1, -0.05) is 31.2 Å². The second-order valence-corrected chi connectivity index (χ2v) is 7.51. The third kappa shape index (κ3) is 4.45. The van der Waals surface area contributed by atoms with Crippen LogP contribution in [0.5, 0.6) is 11.5 Å². The van der Waals surface area contributed by atoms with Crippen LogP contribution in [0.2, 0.25) is 0 Å². The summed E-state index contributed by atoms with van der Waals surface area (Å²) in [6.45, 7) is 3.24. The van der Waals surface area contributed by atoms with E-state index in [1.165, 1.54) is 0 Å². The van der Waals surface area contributed by atoms with Crippen LogP contribution >= 0.6 is 0 Å². The molecule has 1 N–H and O–H groups in total. The predicted octanol–water partition coefficient (Wildman–Crippen LogP) is 3.38. The number of aromatic nitrogens is 3. The van der Waals surface area contributed by atoms with Gasteiger partial charge in [0, 0.05) is 31.1 Å². The largest absolute Gasteiger partial charge is 0.457 e. The zero-order valence-electron chi connectivity index (χ0n) is 17.1. The van der Waals surface area contributed by atoms with Crippen molar-refractivity contribution in [3.63, 3.8) is 0 Å². The van der Waals surface area contributed by atoms with Crippen molar-refractivity contribution in [1.82, 2.24) is 19.7 Å². The molecule has 1 aromatic heterocycles. The van der Waals surface area contributed by atoms with Gasteiger partial charge in [0.05, 0.1) is 0 Å². The molecule has 1 unspecified atom stereocenters. The highest BCUT2D eigenvalue weighted by molar-refractivity contribution is 5.94. The fourth-order valence-corrected chi connectivity index (χ4v) is 3.72. The number of aryl methyl sites for hydroxylation is 2. The van der Waals surface area contributed by atoms with Crippen molar-refractivity contribution in [3.8, 4) is 11.5 Å². The SMILES string of the molecule is CCCn1nc2n(c1=O)CCC(NC(=O)c1cccc(Oc3ccccc3)c1)CC2. The second kappa shape index (κ2) is 8.98. The van der Waals surface area contributed by atoms with Crippen LogP contribution in [0.4, 0.5) is 0 Å². The van der Waals surface area contributed by atoms with E-state index >= 15 is 0 Å². The summed E-state index contributed by atoms with van der Waals surface area (Å²) < 4.78 is 9.12. The molecule has 7 nitrogen and oxygen atoms in total. The van der Waals surface area contributed by atoms with Crippen LogP contribution in [0.1, 0.15) is 42.4 Å². The zero-order valence-corrected chi connectivity index (χ0v) is 17.1. The van der Waals surface area contributed by atoms with Crippen LogP contribution < -0.4 is 15.7 Å². The summed E-state index contributed by atoms with van der Waals surface area (Å²) in [6, 6.07) is 16.6. The van der Waals surface area contributed by atoms with Crippen LogP contribution in [-0.2, 0) is 19.5 Å². The monoisotopic (exact) mass is 406 g/mol. The Morgan fingerprint density at radius 2 is 1.93 bits per heavy atom. The van der Waals surface area contributed by atoms with Crippen molar-refractivity contribution in [2.45, 2.75) is 51.7 Å². The van der Waals surface area contributed by atoms with Crippen molar-refractivity contribution in [2.75, 3.05) is 0 Å². The van der Waals surface area contributed by atoms with Crippen LogP contribution in [0.25, 0.3) is 0 Å². The van der Waals surface area contributed by atoms with Crippen molar-refractivity contribution in [2.24, 2.45) is 0 Å². The number of benzene rings is 2. The molecular formula is C23H26N4O3. The normalized spacial score (nSPS) is 15.8. The quantitative estimate of drug-likeness (QED) is 0.681. The van der Waals surface area contributed by atoms with Gasteiger partial charge in [0.1, 0.15) is 17.3 Å². The number of nitrogens with zero attached hydrogens (tertiary/aromatic N) is 3. The Balaban J connectivity index is 1.40. The lowest BCUT2D eigenvalue weighted by atomic mass is 10.1. The van der Waals surface area contributed by atoms with Crippen molar-refractivity contribution in [3.05, 3.63) is 76.5 Å². The molecule has 0 fully saturated rings. The average molecular weight is 406 g/mol. The van der Waals surface area contributed by atoms with E-state index in [9.17, 15) is 9.59 Å². The van der Waals surface area contributed by atoms with Crippen LogP contribution in [-0.4, -0.2) is 26.3 Å². The number of nitrogens with one attached hydrogen (secondary N) is 1. The summed E-state index contributed by atoms with van der Waals surface area (Å²) in [5.74, 6) is 2.01. The first-order valence-electron chi connectivity index (χ1n) is 10.4. The number of para-hydroxylation sites is 1. The van der Waals surface area contributed by atoms with Crippen molar-refractivity contribution in [1.29, 1.82) is 0 Å². The lowest BCUT2D eigenvalue weighted by Gasteiger charge is -2.16. The number of amides is 1. The summed E-state index contributed by atoms with van der Waals surface area (Å²) in [5.41, 5.74) is 0.500. The van der Waals surface area contributed by atoms with Gasteiger partial charge in [0.15, 0.2) is 0 Å². The fourth-order valence-electron chi connectivity index (χ4n) is 3.72. The highest BCUT2D eigenvalue weighted by Crippen LogP contribution is 2.22. The minimum atomic E-state index is -0.138. The topological polar surface area (TPSA) is 78.2 Å². The molecule has 156 valence electrons. The number of carbonyl (C=O) groups excluding carboxylic acids is 1. The van der Waals surface area contributed by atoms with Gasteiger partial charge in [0.2, 0.25) is 0 Å². The Morgan fingerprint density at radius 1 is 1.13 bits per heavy atom. The van der Waals surface area contributed by atoms with E-state index in [0.717, 1.165) is 24.4 Å². The molecule has 1 aliphatic heterocycles. The van der Waals surface area contributed by atoms with Gasteiger partial charge in [0.25, 0.3) is 5.91 Å². The molecule has 30 heavy (non-hydrogen) atoms. The standard InChI is InChI=1S/C23H26N4O3/c1-2-14-27-23(29)26-15-13-18(11-12-21(26)25-27)24-22(28)17-7-6-10-20(16-17)30-19-8-4-3-5-9-19/h3-10,16,18H,2,11-15H2,1H3,(H,24,28). The number of hydrogen-bond acceptors (Lipinski definition) is 4. The Bertz CT molecular complexity index is 1070. The average Bonchev–Trinajstić information content (AvgIpc) is 2.92. The molecule has 1 amide bonds.